The molecule has 0 unspecified atom stereocenters. The summed E-state index contributed by atoms with van der Waals surface area (Å²) in [5.41, 5.74) is 1.85. The molecule has 2 aromatic carbocycles. The average Bonchev–Trinajstić information content (AvgIpc) is 3.09. The number of carbonyl (C=O) groups excluding carboxylic acids is 1. The zero-order valence-corrected chi connectivity index (χ0v) is 19.9. The minimum atomic E-state index is -0.296. The maximum absolute atomic E-state index is 12.9. The lowest BCUT2D eigenvalue weighted by Gasteiger charge is -2.10. The van der Waals surface area contributed by atoms with Crippen molar-refractivity contribution in [3.63, 3.8) is 0 Å². The number of carbonyl (C=O) groups is 1. The Bertz CT molecular complexity index is 1430. The number of hydrogen-bond acceptors (Lipinski definition) is 5. The van der Waals surface area contributed by atoms with E-state index in [-0.39, 0.29) is 11.5 Å². The van der Waals surface area contributed by atoms with Crippen molar-refractivity contribution in [3.05, 3.63) is 84.8 Å². The molecular weight excluding hydrogens is 479 g/mol. The van der Waals surface area contributed by atoms with E-state index in [0.29, 0.717) is 44.6 Å². The van der Waals surface area contributed by atoms with Gasteiger partial charge in [0.1, 0.15) is 5.82 Å². The predicted molar refractivity (Wildman–Crippen MR) is 133 cm³/mol. The summed E-state index contributed by atoms with van der Waals surface area (Å²) in [7, 11) is 0. The van der Waals surface area contributed by atoms with E-state index < -0.39 is 0 Å². The first kappa shape index (κ1) is 22.1. The molecule has 1 aliphatic rings. The van der Waals surface area contributed by atoms with Gasteiger partial charge in [0.25, 0.3) is 11.5 Å². The van der Waals surface area contributed by atoms with Crippen LogP contribution in [0.25, 0.3) is 10.9 Å². The molecule has 0 fully saturated rings. The van der Waals surface area contributed by atoms with Gasteiger partial charge in [-0.25, -0.2) is 9.97 Å². The molecule has 1 N–H and O–H groups in total. The van der Waals surface area contributed by atoms with Crippen molar-refractivity contribution in [1.82, 2.24) is 14.5 Å². The molecule has 4 aromatic rings. The highest BCUT2D eigenvalue weighted by molar-refractivity contribution is 7.15. The Hall–Kier alpha value is -2.74. The third-order valence-electron chi connectivity index (χ3n) is 5.73. The van der Waals surface area contributed by atoms with Crippen LogP contribution in [0.2, 0.25) is 10.0 Å². The second kappa shape index (κ2) is 9.25. The monoisotopic (exact) mass is 498 g/mol. The van der Waals surface area contributed by atoms with Crippen LogP contribution in [0.1, 0.15) is 45.9 Å². The summed E-state index contributed by atoms with van der Waals surface area (Å²) < 4.78 is 1.78. The third kappa shape index (κ3) is 4.67. The largest absolute Gasteiger partial charge is 0.298 e. The molecular formula is C24H20Cl2N4O2S. The topological polar surface area (TPSA) is 76.9 Å². The Labute approximate surface area is 204 Å². The first-order valence-electron chi connectivity index (χ1n) is 10.7. The number of anilines is 1. The van der Waals surface area contributed by atoms with Crippen molar-refractivity contribution < 1.29 is 4.79 Å². The molecule has 0 atom stereocenters. The van der Waals surface area contributed by atoms with Crippen LogP contribution in [0.15, 0.2) is 47.4 Å². The number of nitrogens with one attached hydrogen (secondary N) is 1. The second-order valence-corrected chi connectivity index (χ2v) is 9.98. The Balaban J connectivity index is 1.36. The molecule has 0 saturated heterocycles. The first-order chi connectivity index (χ1) is 16.0. The van der Waals surface area contributed by atoms with Gasteiger partial charge >= 0.3 is 0 Å². The van der Waals surface area contributed by atoms with E-state index in [1.54, 1.807) is 41.1 Å². The number of rotatable bonds is 4. The number of aromatic nitrogens is 3. The quantitative estimate of drug-likeness (QED) is 0.389. The van der Waals surface area contributed by atoms with E-state index in [0.717, 1.165) is 41.9 Å². The Morgan fingerprint density at radius 3 is 2.88 bits per heavy atom. The average molecular weight is 499 g/mol. The standard InChI is InChI=1S/C24H20Cl2N4O2S/c25-16-6-8-19(26)15(10-16)11-17-13-27-24(33-17)29-22(31)14-5-7-18-20(12-14)28-21-4-2-1-3-9-30(21)23(18)32/h5-8,10,12-13H,1-4,9,11H2,(H,27,29,31). The summed E-state index contributed by atoms with van der Waals surface area (Å²) in [6.45, 7) is 0.701. The fourth-order valence-electron chi connectivity index (χ4n) is 4.04. The van der Waals surface area contributed by atoms with Crippen LogP contribution < -0.4 is 10.9 Å². The molecule has 0 radical (unpaired) electrons. The number of thiazole rings is 1. The van der Waals surface area contributed by atoms with Crippen LogP contribution in [-0.2, 0) is 19.4 Å². The summed E-state index contributed by atoms with van der Waals surface area (Å²) in [6, 6.07) is 10.4. The van der Waals surface area contributed by atoms with Crippen molar-refractivity contribution in [2.24, 2.45) is 0 Å². The van der Waals surface area contributed by atoms with Crippen molar-refractivity contribution in [2.45, 2.75) is 38.6 Å². The molecule has 9 heteroatoms. The number of benzene rings is 2. The Morgan fingerprint density at radius 2 is 2.00 bits per heavy atom. The smallest absolute Gasteiger partial charge is 0.261 e. The maximum atomic E-state index is 12.9. The van der Waals surface area contributed by atoms with E-state index in [1.807, 2.05) is 6.07 Å². The molecule has 1 aliphatic heterocycles. The van der Waals surface area contributed by atoms with Gasteiger partial charge in [0.05, 0.1) is 10.9 Å². The van der Waals surface area contributed by atoms with E-state index in [1.165, 1.54) is 11.3 Å². The number of fused-ring (bicyclic) bond motifs is 2. The molecule has 0 bridgehead atoms. The highest BCUT2D eigenvalue weighted by Gasteiger charge is 2.16. The van der Waals surface area contributed by atoms with Crippen LogP contribution >= 0.6 is 34.5 Å². The van der Waals surface area contributed by atoms with E-state index in [9.17, 15) is 9.59 Å². The van der Waals surface area contributed by atoms with Crippen LogP contribution in [0.4, 0.5) is 5.13 Å². The zero-order valence-electron chi connectivity index (χ0n) is 17.6. The van der Waals surface area contributed by atoms with Gasteiger partial charge in [0.15, 0.2) is 5.13 Å². The molecule has 0 saturated carbocycles. The molecule has 0 aliphatic carbocycles. The maximum Gasteiger partial charge on any atom is 0.261 e. The second-order valence-electron chi connectivity index (χ2n) is 8.03. The van der Waals surface area contributed by atoms with Gasteiger partial charge in [-0.1, -0.05) is 29.6 Å². The summed E-state index contributed by atoms with van der Waals surface area (Å²) in [5.74, 6) is 0.502. The van der Waals surface area contributed by atoms with Crippen molar-refractivity contribution >= 4 is 56.5 Å². The van der Waals surface area contributed by atoms with Gasteiger partial charge in [-0.3, -0.25) is 19.5 Å². The molecule has 3 heterocycles. The van der Waals surface area contributed by atoms with Gasteiger partial charge in [-0.05, 0) is 54.8 Å². The summed E-state index contributed by atoms with van der Waals surface area (Å²) in [4.78, 5) is 35.7. The van der Waals surface area contributed by atoms with Crippen molar-refractivity contribution in [1.29, 1.82) is 0 Å². The SMILES string of the molecule is O=C(Nc1ncc(Cc2cc(Cl)ccc2Cl)s1)c1ccc2c(=O)n3c(nc2c1)CCCCC3. The number of hydrogen-bond donors (Lipinski definition) is 1. The van der Waals surface area contributed by atoms with Crippen LogP contribution in [-0.4, -0.2) is 20.4 Å². The van der Waals surface area contributed by atoms with E-state index in [2.05, 4.69) is 10.3 Å². The van der Waals surface area contributed by atoms with E-state index in [4.69, 9.17) is 28.2 Å². The number of nitrogens with zero attached hydrogens (tertiary/aromatic N) is 3. The van der Waals surface area contributed by atoms with Crippen molar-refractivity contribution in [3.8, 4) is 0 Å². The van der Waals surface area contributed by atoms with Gasteiger partial charge in [0.2, 0.25) is 0 Å². The third-order valence-corrected chi connectivity index (χ3v) is 7.24. The van der Waals surface area contributed by atoms with Gasteiger partial charge in [0, 0.05) is 46.1 Å². The van der Waals surface area contributed by atoms with E-state index >= 15 is 0 Å². The van der Waals surface area contributed by atoms with Crippen molar-refractivity contribution in [2.75, 3.05) is 5.32 Å². The Kier molecular flexibility index (Phi) is 6.19. The highest BCUT2D eigenvalue weighted by atomic mass is 35.5. The minimum absolute atomic E-state index is 0.0342. The Morgan fingerprint density at radius 1 is 1.12 bits per heavy atom. The fourth-order valence-corrected chi connectivity index (χ4v) is 5.25. The molecule has 6 nitrogen and oxygen atoms in total. The van der Waals surface area contributed by atoms with Crippen LogP contribution in [0.5, 0.6) is 0 Å². The zero-order chi connectivity index (χ0) is 22.9. The molecule has 33 heavy (non-hydrogen) atoms. The summed E-state index contributed by atoms with van der Waals surface area (Å²) in [5, 5.41) is 5.12. The molecule has 1 amide bonds. The highest BCUT2D eigenvalue weighted by Crippen LogP contribution is 2.27. The molecule has 0 spiro atoms. The molecule has 2 aromatic heterocycles. The lowest BCUT2D eigenvalue weighted by Crippen LogP contribution is -2.24. The molecule has 5 rings (SSSR count). The minimum Gasteiger partial charge on any atom is -0.298 e. The molecule has 168 valence electrons. The van der Waals surface area contributed by atoms with Gasteiger partial charge < -0.3 is 0 Å². The predicted octanol–water partition coefficient (Wildman–Crippen LogP) is 5.73. The lowest BCUT2D eigenvalue weighted by atomic mass is 10.1. The number of amides is 1. The van der Waals surface area contributed by atoms with Gasteiger partial charge in [-0.15, -0.1) is 11.3 Å². The van der Waals surface area contributed by atoms with Crippen LogP contribution in [0.3, 0.4) is 0 Å². The normalized spacial score (nSPS) is 13.5. The first-order valence-corrected chi connectivity index (χ1v) is 12.3. The van der Waals surface area contributed by atoms with Gasteiger partial charge in [-0.2, -0.15) is 0 Å². The summed E-state index contributed by atoms with van der Waals surface area (Å²) in [6.07, 6.45) is 6.16. The summed E-state index contributed by atoms with van der Waals surface area (Å²) >= 11 is 13.7. The number of halogens is 2. The van der Waals surface area contributed by atoms with Crippen LogP contribution in [0, 0.1) is 0 Å². The number of aryl methyl sites for hydroxylation is 1. The lowest BCUT2D eigenvalue weighted by molar-refractivity contribution is 0.102. The fraction of sp³-hybridized carbons (Fsp3) is 0.250.